The van der Waals surface area contributed by atoms with E-state index in [-0.39, 0.29) is 11.5 Å². The Morgan fingerprint density at radius 3 is 2.82 bits per heavy atom. The van der Waals surface area contributed by atoms with Crippen molar-refractivity contribution in [3.8, 4) is 0 Å². The van der Waals surface area contributed by atoms with Crippen LogP contribution in [-0.4, -0.2) is 34.4 Å². The quantitative estimate of drug-likeness (QED) is 0.819. The Hall–Kier alpha value is -2.28. The number of anilines is 2. The third kappa shape index (κ3) is 3.94. The van der Waals surface area contributed by atoms with Crippen molar-refractivity contribution in [2.24, 2.45) is 0 Å². The first-order chi connectivity index (χ1) is 13.7. The van der Waals surface area contributed by atoms with Crippen LogP contribution in [0.2, 0.25) is 0 Å². The van der Waals surface area contributed by atoms with Gasteiger partial charge in [-0.25, -0.2) is 9.78 Å². The van der Waals surface area contributed by atoms with Crippen molar-refractivity contribution in [3.63, 3.8) is 0 Å². The number of aromatic nitrogens is 2. The van der Waals surface area contributed by atoms with Crippen LogP contribution in [0.25, 0.3) is 0 Å². The Balaban J connectivity index is 1.58. The molecule has 0 unspecified atom stereocenters. The third-order valence-electron chi connectivity index (χ3n) is 5.54. The van der Waals surface area contributed by atoms with Crippen LogP contribution < -0.4 is 15.7 Å². The summed E-state index contributed by atoms with van der Waals surface area (Å²) in [5, 5.41) is 11.5. The molecule has 0 atom stereocenters. The Labute approximate surface area is 169 Å². The molecule has 2 aliphatic rings. The largest absolute Gasteiger partial charge is 0.340 e. The van der Waals surface area contributed by atoms with Crippen molar-refractivity contribution in [2.45, 2.75) is 55.1 Å². The lowest BCUT2D eigenvalue weighted by molar-refractivity contribution is 0.243. The van der Waals surface area contributed by atoms with Gasteiger partial charge in [-0.3, -0.25) is 9.98 Å². The number of carbonyl (C=O) groups excluding carboxylic acids is 1. The van der Waals surface area contributed by atoms with E-state index in [9.17, 15) is 4.79 Å². The lowest BCUT2D eigenvalue weighted by Gasteiger charge is -2.30. The van der Waals surface area contributed by atoms with Crippen LogP contribution in [-0.2, 0) is 6.42 Å². The molecule has 28 heavy (non-hydrogen) atoms. The van der Waals surface area contributed by atoms with Gasteiger partial charge in [-0.2, -0.15) is 0 Å². The van der Waals surface area contributed by atoms with Gasteiger partial charge in [0.05, 0.1) is 0 Å². The van der Waals surface area contributed by atoms with Crippen molar-refractivity contribution in [3.05, 3.63) is 41.6 Å². The van der Waals surface area contributed by atoms with E-state index in [4.69, 9.17) is 10.4 Å². The third-order valence-corrected chi connectivity index (χ3v) is 6.84. The molecule has 0 radical (unpaired) electrons. The van der Waals surface area contributed by atoms with Gasteiger partial charge in [0.1, 0.15) is 11.3 Å². The van der Waals surface area contributed by atoms with E-state index >= 15 is 0 Å². The summed E-state index contributed by atoms with van der Waals surface area (Å²) in [6.07, 6.45) is 12.5. The maximum atomic E-state index is 11.8. The number of hydrogen-bond donors (Lipinski definition) is 2. The van der Waals surface area contributed by atoms with Gasteiger partial charge in [0.2, 0.25) is 0 Å². The summed E-state index contributed by atoms with van der Waals surface area (Å²) >= 11 is 1.99. The number of thioether (sulfide) groups is 1. The fraction of sp³-hybridized carbons (Fsp3) is 0.476. The number of carbonyl (C=O) groups is 1. The minimum absolute atomic E-state index is 0.161. The second-order valence-corrected chi connectivity index (χ2v) is 8.86. The van der Waals surface area contributed by atoms with Gasteiger partial charge in [-0.05, 0) is 43.4 Å². The Morgan fingerprint density at radius 2 is 2.07 bits per heavy atom. The lowest BCUT2D eigenvalue weighted by atomic mass is 10.0. The average Bonchev–Trinajstić information content (AvgIpc) is 2.73. The van der Waals surface area contributed by atoms with E-state index in [1.807, 2.05) is 24.0 Å². The summed E-state index contributed by atoms with van der Waals surface area (Å²) in [6.45, 7) is 0.874. The standard InChI is InChI=1S/C21H27N5OS/c1-23-21(27)26-11-9-16(13-19(26)22)25-10-5-6-15-12-18(14-24-20(15)25)28-17-7-3-2-4-8-17/h9,11-14,17,22H,2-8,10H2,1H3,(H,23,27). The van der Waals surface area contributed by atoms with E-state index in [2.05, 4.69) is 16.3 Å². The zero-order valence-corrected chi connectivity index (χ0v) is 17.1. The molecule has 148 valence electrons. The maximum absolute atomic E-state index is 11.8. The number of rotatable bonds is 3. The van der Waals surface area contributed by atoms with Crippen LogP contribution >= 0.6 is 11.8 Å². The first kappa shape index (κ1) is 19.1. The van der Waals surface area contributed by atoms with Crippen LogP contribution in [0.4, 0.5) is 16.3 Å². The summed E-state index contributed by atoms with van der Waals surface area (Å²) in [5.41, 5.74) is 2.35. The van der Waals surface area contributed by atoms with Gasteiger partial charge in [0, 0.05) is 47.9 Å². The number of nitrogens with one attached hydrogen (secondary N) is 2. The van der Waals surface area contributed by atoms with Gasteiger partial charge in [-0.15, -0.1) is 11.8 Å². The van der Waals surface area contributed by atoms with Crippen molar-refractivity contribution in [2.75, 3.05) is 18.5 Å². The van der Waals surface area contributed by atoms with E-state index in [1.165, 1.54) is 47.1 Å². The highest BCUT2D eigenvalue weighted by molar-refractivity contribution is 8.00. The van der Waals surface area contributed by atoms with Crippen molar-refractivity contribution in [1.29, 1.82) is 5.41 Å². The molecule has 1 aliphatic carbocycles. The molecule has 0 bridgehead atoms. The Bertz CT molecular complexity index is 919. The van der Waals surface area contributed by atoms with Crippen LogP contribution in [0.3, 0.4) is 0 Å². The molecular weight excluding hydrogens is 370 g/mol. The molecule has 0 aromatic carbocycles. The summed E-state index contributed by atoms with van der Waals surface area (Å²) in [4.78, 5) is 20.1. The zero-order valence-electron chi connectivity index (χ0n) is 16.3. The first-order valence-electron chi connectivity index (χ1n) is 10.1. The fourth-order valence-corrected chi connectivity index (χ4v) is 5.37. The molecule has 6 nitrogen and oxygen atoms in total. The molecule has 1 amide bonds. The van der Waals surface area contributed by atoms with Gasteiger partial charge < -0.3 is 10.2 Å². The highest BCUT2D eigenvalue weighted by atomic mass is 32.2. The molecule has 2 aromatic rings. The number of amides is 1. The predicted octanol–water partition coefficient (Wildman–Crippen LogP) is 4.06. The van der Waals surface area contributed by atoms with Gasteiger partial charge in [-0.1, -0.05) is 19.3 Å². The Morgan fingerprint density at radius 1 is 1.25 bits per heavy atom. The molecular formula is C21H27N5OS. The smallest absolute Gasteiger partial charge is 0.326 e. The normalized spacial score (nSPS) is 17.2. The SMILES string of the molecule is CNC(=O)n1ccc(N2CCCc3cc(SC4CCCCC4)cnc32)cc1=N. The second-order valence-electron chi connectivity index (χ2n) is 7.48. The van der Waals surface area contributed by atoms with E-state index in [0.717, 1.165) is 36.1 Å². The van der Waals surface area contributed by atoms with E-state index in [0.29, 0.717) is 0 Å². The molecule has 2 aromatic heterocycles. The minimum Gasteiger partial charge on any atom is -0.340 e. The van der Waals surface area contributed by atoms with Crippen LogP contribution in [0, 0.1) is 5.41 Å². The van der Waals surface area contributed by atoms with Crippen LogP contribution in [0.15, 0.2) is 35.5 Å². The second kappa shape index (κ2) is 8.39. The maximum Gasteiger partial charge on any atom is 0.326 e. The molecule has 1 aliphatic heterocycles. The topological polar surface area (TPSA) is 74.0 Å². The van der Waals surface area contributed by atoms with Crippen molar-refractivity contribution >= 4 is 29.3 Å². The molecule has 0 saturated heterocycles. The number of fused-ring (bicyclic) bond motifs is 1. The number of pyridine rings is 2. The zero-order chi connectivity index (χ0) is 19.5. The minimum atomic E-state index is -0.307. The predicted molar refractivity (Wildman–Crippen MR) is 112 cm³/mol. The molecule has 3 heterocycles. The molecule has 0 spiro atoms. The van der Waals surface area contributed by atoms with E-state index < -0.39 is 0 Å². The molecule has 7 heteroatoms. The molecule has 2 N–H and O–H groups in total. The number of aryl methyl sites for hydroxylation is 1. The number of nitrogens with zero attached hydrogens (tertiary/aromatic N) is 3. The van der Waals surface area contributed by atoms with Gasteiger partial charge >= 0.3 is 6.03 Å². The monoisotopic (exact) mass is 397 g/mol. The van der Waals surface area contributed by atoms with E-state index in [1.54, 1.807) is 19.3 Å². The summed E-state index contributed by atoms with van der Waals surface area (Å²) < 4.78 is 1.30. The van der Waals surface area contributed by atoms with Crippen molar-refractivity contribution < 1.29 is 4.79 Å². The first-order valence-corrected chi connectivity index (χ1v) is 11.0. The summed E-state index contributed by atoms with van der Waals surface area (Å²) in [7, 11) is 1.57. The van der Waals surface area contributed by atoms with Crippen LogP contribution in [0.1, 0.15) is 44.1 Å². The molecule has 4 rings (SSSR count). The summed E-state index contributed by atoms with van der Waals surface area (Å²) in [5.74, 6) is 0.983. The molecule has 1 fully saturated rings. The van der Waals surface area contributed by atoms with Crippen LogP contribution in [0.5, 0.6) is 0 Å². The summed E-state index contributed by atoms with van der Waals surface area (Å²) in [6, 6.07) is 5.62. The lowest BCUT2D eigenvalue weighted by Crippen LogP contribution is -2.34. The number of hydrogen-bond acceptors (Lipinski definition) is 5. The van der Waals surface area contributed by atoms with Gasteiger partial charge in [0.25, 0.3) is 0 Å². The average molecular weight is 398 g/mol. The fourth-order valence-electron chi connectivity index (χ4n) is 4.09. The highest BCUT2D eigenvalue weighted by Gasteiger charge is 2.22. The highest BCUT2D eigenvalue weighted by Crippen LogP contribution is 2.37. The molecule has 1 saturated carbocycles. The Kier molecular flexibility index (Phi) is 5.71. The van der Waals surface area contributed by atoms with Gasteiger partial charge in [0.15, 0.2) is 0 Å². The van der Waals surface area contributed by atoms with Crippen molar-refractivity contribution in [1.82, 2.24) is 14.9 Å².